The van der Waals surface area contributed by atoms with Crippen molar-refractivity contribution in [3.05, 3.63) is 70.3 Å². The lowest BCUT2D eigenvalue weighted by atomic mass is 10.0. The summed E-state index contributed by atoms with van der Waals surface area (Å²) >= 11 is 0. The number of anilines is 1. The molecule has 2 aromatic carbocycles. The molecule has 0 aliphatic carbocycles. The molecule has 0 spiro atoms. The number of carbonyl (C=O) groups excluding carboxylic acids is 3. The van der Waals surface area contributed by atoms with Crippen LogP contribution in [0.25, 0.3) is 0 Å². The molecule has 3 N–H and O–H groups in total. The Morgan fingerprint density at radius 3 is 2.44 bits per heavy atom. The predicted octanol–water partition coefficient (Wildman–Crippen LogP) is 2.21. The summed E-state index contributed by atoms with van der Waals surface area (Å²) in [5.41, 5.74) is 6.00. The summed E-state index contributed by atoms with van der Waals surface area (Å²) in [5, 5.41) is 19.8. The number of esters is 1. The molecule has 0 radical (unpaired) electrons. The summed E-state index contributed by atoms with van der Waals surface area (Å²) in [6.07, 6.45) is -0.788. The predicted molar refractivity (Wildman–Crippen MR) is 124 cm³/mol. The molecule has 2 atom stereocenters. The number of nitrogens with one attached hydrogen (secondary N) is 1. The van der Waals surface area contributed by atoms with Crippen LogP contribution in [0.3, 0.4) is 0 Å². The molecule has 0 aromatic heterocycles. The van der Waals surface area contributed by atoms with Gasteiger partial charge in [0.25, 0.3) is 11.6 Å². The summed E-state index contributed by atoms with van der Waals surface area (Å²) < 4.78 is 5.17. The number of primary amides is 1. The van der Waals surface area contributed by atoms with Gasteiger partial charge in [-0.3, -0.25) is 29.5 Å². The van der Waals surface area contributed by atoms with Crippen molar-refractivity contribution in [3.8, 4) is 0 Å². The van der Waals surface area contributed by atoms with Gasteiger partial charge in [-0.05, 0) is 26.0 Å². The van der Waals surface area contributed by atoms with Gasteiger partial charge >= 0.3 is 5.97 Å². The second kappa shape index (κ2) is 10.6. The molecule has 0 saturated heterocycles. The highest BCUT2D eigenvalue weighted by atomic mass is 16.6. The molecular formula is C23H25N5O6. The van der Waals surface area contributed by atoms with Gasteiger partial charge in [-0.25, -0.2) is 0 Å². The molecule has 11 heteroatoms. The number of hydrogen-bond acceptors (Lipinski definition) is 8. The Labute approximate surface area is 195 Å². The Balaban J connectivity index is 1.90. The van der Waals surface area contributed by atoms with Crippen LogP contribution < -0.4 is 16.1 Å². The van der Waals surface area contributed by atoms with E-state index in [9.17, 15) is 24.5 Å². The summed E-state index contributed by atoms with van der Waals surface area (Å²) in [6, 6.07) is 12.6. The second-order valence-corrected chi connectivity index (χ2v) is 7.93. The quantitative estimate of drug-likeness (QED) is 0.325. The number of benzene rings is 2. The highest BCUT2D eigenvalue weighted by Gasteiger charge is 2.36. The summed E-state index contributed by atoms with van der Waals surface area (Å²) in [4.78, 5) is 48.4. The maximum Gasteiger partial charge on any atom is 0.308 e. The van der Waals surface area contributed by atoms with Crippen LogP contribution in [-0.4, -0.2) is 40.6 Å². The fraction of sp³-hybridized carbons (Fsp3) is 0.304. The number of nitro benzene ring substituents is 1. The van der Waals surface area contributed by atoms with E-state index in [1.165, 1.54) is 23.2 Å². The van der Waals surface area contributed by atoms with Crippen molar-refractivity contribution in [3.63, 3.8) is 0 Å². The maximum atomic E-state index is 13.1. The van der Waals surface area contributed by atoms with Crippen LogP contribution in [0.2, 0.25) is 0 Å². The monoisotopic (exact) mass is 467 g/mol. The highest BCUT2D eigenvalue weighted by Crippen LogP contribution is 2.29. The number of hydrazone groups is 1. The van der Waals surface area contributed by atoms with Crippen LogP contribution in [0.4, 0.5) is 11.4 Å². The first-order chi connectivity index (χ1) is 16.2. The number of carbonyl (C=O) groups is 3. The maximum absolute atomic E-state index is 13.1. The Hall–Kier alpha value is -4.28. The van der Waals surface area contributed by atoms with Crippen LogP contribution in [0.15, 0.2) is 59.7 Å². The van der Waals surface area contributed by atoms with E-state index < -0.39 is 40.9 Å². The fourth-order valence-corrected chi connectivity index (χ4v) is 3.59. The number of nitro groups is 1. The standard InChI is InChI=1S/C23H25N5O6/c1-14(2)34-21(29)13-17(16-10-6-7-11-19(16)28(32)33)25-23(31)18-12-20(22(24)30)27(26-18)15-8-4-3-5-9-15/h3-11,14,17,20H,12-13H2,1-2H3,(H2,24,30)(H,25,31). The topological polar surface area (TPSA) is 157 Å². The van der Waals surface area contributed by atoms with E-state index in [2.05, 4.69) is 10.4 Å². The first-order valence-corrected chi connectivity index (χ1v) is 10.6. The molecule has 2 aromatic rings. The molecule has 0 saturated carbocycles. The van der Waals surface area contributed by atoms with Gasteiger partial charge in [-0.15, -0.1) is 0 Å². The highest BCUT2D eigenvalue weighted by molar-refractivity contribution is 6.40. The van der Waals surface area contributed by atoms with Crippen molar-refractivity contribution in [2.45, 2.75) is 44.9 Å². The molecule has 34 heavy (non-hydrogen) atoms. The molecule has 1 heterocycles. The van der Waals surface area contributed by atoms with E-state index in [-0.39, 0.29) is 29.8 Å². The number of hydrogen-bond donors (Lipinski definition) is 2. The van der Waals surface area contributed by atoms with Crippen LogP contribution in [0.5, 0.6) is 0 Å². The zero-order valence-electron chi connectivity index (χ0n) is 18.7. The van der Waals surface area contributed by atoms with Crippen molar-refractivity contribution in [1.82, 2.24) is 5.32 Å². The van der Waals surface area contributed by atoms with E-state index in [0.717, 1.165) is 0 Å². The third-order valence-corrected chi connectivity index (χ3v) is 5.07. The minimum absolute atomic E-state index is 0.00784. The third kappa shape index (κ3) is 5.74. The molecular weight excluding hydrogens is 442 g/mol. The number of nitrogens with zero attached hydrogens (tertiary/aromatic N) is 3. The van der Waals surface area contributed by atoms with Gasteiger partial charge in [-0.2, -0.15) is 5.10 Å². The Morgan fingerprint density at radius 2 is 1.82 bits per heavy atom. The van der Waals surface area contributed by atoms with Crippen molar-refractivity contribution in [2.75, 3.05) is 5.01 Å². The first kappa shape index (κ1) is 24.4. The van der Waals surface area contributed by atoms with Gasteiger partial charge < -0.3 is 15.8 Å². The number of rotatable bonds is 9. The SMILES string of the molecule is CC(C)OC(=O)CC(NC(=O)C1=NN(c2ccccc2)C(C(N)=O)C1)c1ccccc1[N+](=O)[O-]. The molecule has 0 fully saturated rings. The van der Waals surface area contributed by atoms with Gasteiger partial charge in [0, 0.05) is 12.5 Å². The van der Waals surface area contributed by atoms with E-state index in [0.29, 0.717) is 5.69 Å². The van der Waals surface area contributed by atoms with Crippen molar-refractivity contribution in [1.29, 1.82) is 0 Å². The average molecular weight is 467 g/mol. The molecule has 2 unspecified atom stereocenters. The number of amides is 2. The molecule has 0 bridgehead atoms. The Bertz CT molecular complexity index is 1120. The van der Waals surface area contributed by atoms with Gasteiger partial charge in [0.05, 0.1) is 34.7 Å². The van der Waals surface area contributed by atoms with E-state index in [1.807, 2.05) is 0 Å². The minimum atomic E-state index is -1.05. The molecule has 2 amide bonds. The molecule has 178 valence electrons. The largest absolute Gasteiger partial charge is 0.463 e. The van der Waals surface area contributed by atoms with Crippen molar-refractivity contribution >= 4 is 34.9 Å². The molecule has 1 aliphatic rings. The fourth-order valence-electron chi connectivity index (χ4n) is 3.59. The molecule has 11 nitrogen and oxygen atoms in total. The smallest absolute Gasteiger partial charge is 0.308 e. The minimum Gasteiger partial charge on any atom is -0.463 e. The Morgan fingerprint density at radius 1 is 1.18 bits per heavy atom. The Kier molecular flexibility index (Phi) is 7.57. The van der Waals surface area contributed by atoms with Crippen LogP contribution in [0.1, 0.15) is 38.3 Å². The van der Waals surface area contributed by atoms with Gasteiger partial charge in [0.15, 0.2) is 0 Å². The summed E-state index contributed by atoms with van der Waals surface area (Å²) in [6.45, 7) is 3.34. The zero-order chi connectivity index (χ0) is 24.8. The zero-order valence-corrected chi connectivity index (χ0v) is 18.7. The van der Waals surface area contributed by atoms with Crippen molar-refractivity contribution < 1.29 is 24.0 Å². The van der Waals surface area contributed by atoms with Crippen molar-refractivity contribution in [2.24, 2.45) is 10.8 Å². The number of para-hydroxylation sites is 2. The van der Waals surface area contributed by atoms with E-state index >= 15 is 0 Å². The summed E-state index contributed by atoms with van der Waals surface area (Å²) in [7, 11) is 0. The number of nitrogens with two attached hydrogens (primary N) is 1. The van der Waals surface area contributed by atoms with E-state index in [1.54, 1.807) is 50.2 Å². The lowest BCUT2D eigenvalue weighted by Gasteiger charge is -2.20. The van der Waals surface area contributed by atoms with Crippen LogP contribution >= 0.6 is 0 Å². The van der Waals surface area contributed by atoms with Gasteiger partial charge in [0.1, 0.15) is 11.8 Å². The second-order valence-electron chi connectivity index (χ2n) is 7.93. The third-order valence-electron chi connectivity index (χ3n) is 5.07. The van der Waals surface area contributed by atoms with E-state index in [4.69, 9.17) is 10.5 Å². The normalized spacial score (nSPS) is 16.0. The van der Waals surface area contributed by atoms with Crippen LogP contribution in [0, 0.1) is 10.1 Å². The number of ether oxygens (including phenoxy) is 1. The molecule has 3 rings (SSSR count). The molecule has 1 aliphatic heterocycles. The van der Waals surface area contributed by atoms with Gasteiger partial charge in [-0.1, -0.05) is 36.4 Å². The lowest BCUT2D eigenvalue weighted by molar-refractivity contribution is -0.385. The van der Waals surface area contributed by atoms with Gasteiger partial charge in [0.2, 0.25) is 5.91 Å². The summed E-state index contributed by atoms with van der Waals surface area (Å²) in [5.74, 6) is -1.97. The first-order valence-electron chi connectivity index (χ1n) is 10.6. The van der Waals surface area contributed by atoms with Crippen LogP contribution in [-0.2, 0) is 19.1 Å². The lowest BCUT2D eigenvalue weighted by Crippen LogP contribution is -2.40. The average Bonchev–Trinajstić information content (AvgIpc) is 3.25.